The van der Waals surface area contributed by atoms with Crippen molar-refractivity contribution in [3.8, 4) is 11.4 Å². The summed E-state index contributed by atoms with van der Waals surface area (Å²) in [5.74, 6) is 1.50. The van der Waals surface area contributed by atoms with Gasteiger partial charge in [0.05, 0.1) is 18.9 Å². The highest BCUT2D eigenvalue weighted by atomic mass is 32.2. The van der Waals surface area contributed by atoms with Crippen LogP contribution in [-0.4, -0.2) is 51.7 Å². The molecule has 8 heteroatoms. The number of rotatable bonds is 9. The second kappa shape index (κ2) is 9.39. The average molecular weight is 349 g/mol. The van der Waals surface area contributed by atoms with Crippen LogP contribution in [-0.2, 0) is 16.1 Å². The van der Waals surface area contributed by atoms with E-state index in [1.165, 1.54) is 11.8 Å². The summed E-state index contributed by atoms with van der Waals surface area (Å²) in [4.78, 5) is 15.9. The minimum absolute atomic E-state index is 0.000419. The first-order valence-corrected chi connectivity index (χ1v) is 8.82. The molecule has 0 radical (unpaired) electrons. The van der Waals surface area contributed by atoms with Crippen LogP contribution < -0.4 is 5.32 Å². The number of hydrogen-bond donors (Lipinski definition) is 1. The molecular weight excluding hydrogens is 326 g/mol. The Hall–Kier alpha value is -1.93. The molecule has 0 saturated heterocycles. The third-order valence-corrected chi connectivity index (χ3v) is 4.18. The van der Waals surface area contributed by atoms with Crippen LogP contribution in [0.4, 0.5) is 0 Å². The van der Waals surface area contributed by atoms with E-state index in [0.29, 0.717) is 36.5 Å². The molecule has 0 unspecified atom stereocenters. The van der Waals surface area contributed by atoms with Crippen LogP contribution >= 0.6 is 11.8 Å². The highest BCUT2D eigenvalue weighted by Gasteiger charge is 2.15. The van der Waals surface area contributed by atoms with E-state index in [1.807, 2.05) is 16.7 Å². The average Bonchev–Trinajstić information content (AvgIpc) is 2.99. The number of pyridine rings is 1. The van der Waals surface area contributed by atoms with Crippen LogP contribution in [0.5, 0.6) is 0 Å². The summed E-state index contributed by atoms with van der Waals surface area (Å²) in [6.07, 6.45) is 3.44. The molecule has 0 aliphatic carbocycles. The lowest BCUT2D eigenvalue weighted by Gasteiger charge is -2.10. The summed E-state index contributed by atoms with van der Waals surface area (Å²) in [6, 6.07) is 3.77. The number of aromatic nitrogens is 4. The van der Waals surface area contributed by atoms with Crippen molar-refractivity contribution in [3.63, 3.8) is 0 Å². The van der Waals surface area contributed by atoms with E-state index in [0.717, 1.165) is 11.4 Å². The summed E-state index contributed by atoms with van der Waals surface area (Å²) in [5.41, 5.74) is 0.935. The molecule has 2 heterocycles. The topological polar surface area (TPSA) is 81.9 Å². The molecule has 130 valence electrons. The van der Waals surface area contributed by atoms with Crippen LogP contribution in [0.15, 0.2) is 29.7 Å². The number of thioether (sulfide) groups is 1. The zero-order chi connectivity index (χ0) is 17.4. The first-order valence-electron chi connectivity index (χ1n) is 7.83. The summed E-state index contributed by atoms with van der Waals surface area (Å²) >= 11 is 1.38. The van der Waals surface area contributed by atoms with Crippen LogP contribution in [0.25, 0.3) is 11.4 Å². The van der Waals surface area contributed by atoms with Gasteiger partial charge in [0.2, 0.25) is 5.91 Å². The van der Waals surface area contributed by atoms with Gasteiger partial charge in [-0.2, -0.15) is 0 Å². The van der Waals surface area contributed by atoms with Crippen molar-refractivity contribution in [2.24, 2.45) is 5.92 Å². The lowest BCUT2D eigenvalue weighted by atomic mass is 10.2. The number of methoxy groups -OCH3 is 1. The quantitative estimate of drug-likeness (QED) is 0.696. The molecule has 0 aliphatic rings. The maximum atomic E-state index is 11.9. The van der Waals surface area contributed by atoms with Gasteiger partial charge in [0.1, 0.15) is 0 Å². The monoisotopic (exact) mass is 349 g/mol. The molecule has 2 rings (SSSR count). The van der Waals surface area contributed by atoms with Gasteiger partial charge in [-0.1, -0.05) is 25.6 Å². The molecule has 1 N–H and O–H groups in total. The van der Waals surface area contributed by atoms with Gasteiger partial charge in [-0.05, 0) is 18.1 Å². The van der Waals surface area contributed by atoms with E-state index in [4.69, 9.17) is 4.74 Å². The SMILES string of the molecule is COCCn1c(SCC(=O)NCC(C)C)nnc1-c1ccncc1. The van der Waals surface area contributed by atoms with E-state index in [1.54, 1.807) is 19.5 Å². The van der Waals surface area contributed by atoms with Gasteiger partial charge in [-0.25, -0.2) is 0 Å². The minimum Gasteiger partial charge on any atom is -0.383 e. The first-order chi connectivity index (χ1) is 11.6. The second-order valence-electron chi connectivity index (χ2n) is 5.67. The predicted octanol–water partition coefficient (Wildman–Crippen LogP) is 1.85. The van der Waals surface area contributed by atoms with Crippen molar-refractivity contribution < 1.29 is 9.53 Å². The Bertz CT molecular complexity index is 645. The molecule has 0 spiro atoms. The zero-order valence-electron chi connectivity index (χ0n) is 14.2. The number of nitrogens with one attached hydrogen (secondary N) is 1. The Morgan fingerprint density at radius 1 is 1.33 bits per heavy atom. The van der Waals surface area contributed by atoms with Crippen molar-refractivity contribution in [2.45, 2.75) is 25.5 Å². The van der Waals surface area contributed by atoms with Gasteiger partial charge in [0, 0.05) is 31.6 Å². The van der Waals surface area contributed by atoms with Crippen LogP contribution in [0.2, 0.25) is 0 Å². The fourth-order valence-electron chi connectivity index (χ4n) is 1.99. The Morgan fingerprint density at radius 3 is 2.75 bits per heavy atom. The molecule has 1 amide bonds. The number of hydrogen-bond acceptors (Lipinski definition) is 6. The fraction of sp³-hybridized carbons (Fsp3) is 0.500. The second-order valence-corrected chi connectivity index (χ2v) is 6.62. The molecular formula is C16H23N5O2S. The molecule has 0 aromatic carbocycles. The van der Waals surface area contributed by atoms with Crippen molar-refractivity contribution in [1.82, 2.24) is 25.1 Å². The molecule has 0 aliphatic heterocycles. The smallest absolute Gasteiger partial charge is 0.230 e. The number of amides is 1. The molecule has 0 saturated carbocycles. The van der Waals surface area contributed by atoms with E-state index >= 15 is 0 Å². The summed E-state index contributed by atoms with van der Waals surface area (Å²) in [5, 5.41) is 12.1. The Labute approximate surface area is 146 Å². The fourth-order valence-corrected chi connectivity index (χ4v) is 2.79. The van der Waals surface area contributed by atoms with E-state index in [-0.39, 0.29) is 5.91 Å². The molecule has 0 atom stereocenters. The Morgan fingerprint density at radius 2 is 2.08 bits per heavy atom. The normalized spacial score (nSPS) is 11.0. The molecule has 2 aromatic rings. The van der Waals surface area contributed by atoms with Gasteiger partial charge < -0.3 is 10.1 Å². The minimum atomic E-state index is 0.000419. The van der Waals surface area contributed by atoms with Gasteiger partial charge in [-0.15, -0.1) is 10.2 Å². The summed E-state index contributed by atoms with van der Waals surface area (Å²) in [6.45, 7) is 5.98. The van der Waals surface area contributed by atoms with Crippen molar-refractivity contribution >= 4 is 17.7 Å². The number of nitrogens with zero attached hydrogens (tertiary/aromatic N) is 4. The van der Waals surface area contributed by atoms with Crippen LogP contribution in [0.1, 0.15) is 13.8 Å². The number of carbonyl (C=O) groups is 1. The molecule has 0 bridgehead atoms. The Kier molecular flexibility index (Phi) is 7.20. The van der Waals surface area contributed by atoms with Crippen molar-refractivity contribution in [3.05, 3.63) is 24.5 Å². The van der Waals surface area contributed by atoms with Crippen molar-refractivity contribution in [1.29, 1.82) is 0 Å². The van der Waals surface area contributed by atoms with Crippen LogP contribution in [0.3, 0.4) is 0 Å². The third-order valence-electron chi connectivity index (χ3n) is 3.21. The van der Waals surface area contributed by atoms with Gasteiger partial charge in [0.15, 0.2) is 11.0 Å². The molecule has 24 heavy (non-hydrogen) atoms. The van der Waals surface area contributed by atoms with Gasteiger partial charge in [-0.3, -0.25) is 14.3 Å². The predicted molar refractivity (Wildman–Crippen MR) is 93.7 cm³/mol. The molecule has 2 aromatic heterocycles. The standard InChI is InChI=1S/C16H23N5O2S/c1-12(2)10-18-14(22)11-24-16-20-19-15(21(16)8-9-23-3)13-4-6-17-7-5-13/h4-7,12H,8-11H2,1-3H3,(H,18,22). The Balaban J connectivity index is 2.09. The highest BCUT2D eigenvalue weighted by Crippen LogP contribution is 2.23. The highest BCUT2D eigenvalue weighted by molar-refractivity contribution is 7.99. The largest absolute Gasteiger partial charge is 0.383 e. The maximum absolute atomic E-state index is 11.9. The lowest BCUT2D eigenvalue weighted by molar-refractivity contribution is -0.118. The van der Waals surface area contributed by atoms with E-state index < -0.39 is 0 Å². The van der Waals surface area contributed by atoms with E-state index in [9.17, 15) is 4.79 Å². The van der Waals surface area contributed by atoms with Crippen molar-refractivity contribution in [2.75, 3.05) is 26.0 Å². The number of ether oxygens (including phenoxy) is 1. The molecule has 7 nitrogen and oxygen atoms in total. The number of carbonyl (C=O) groups excluding carboxylic acids is 1. The maximum Gasteiger partial charge on any atom is 0.230 e. The lowest BCUT2D eigenvalue weighted by Crippen LogP contribution is -2.28. The van der Waals surface area contributed by atoms with E-state index in [2.05, 4.69) is 34.3 Å². The first kappa shape index (κ1) is 18.4. The molecule has 0 fully saturated rings. The van der Waals surface area contributed by atoms with Gasteiger partial charge >= 0.3 is 0 Å². The summed E-state index contributed by atoms with van der Waals surface area (Å²) < 4.78 is 7.15. The van der Waals surface area contributed by atoms with Gasteiger partial charge in [0.25, 0.3) is 0 Å². The zero-order valence-corrected chi connectivity index (χ0v) is 15.0. The summed E-state index contributed by atoms with van der Waals surface area (Å²) in [7, 11) is 1.66. The van der Waals surface area contributed by atoms with Crippen LogP contribution in [0, 0.1) is 5.92 Å². The third kappa shape index (κ3) is 5.31.